The standard InChI is InChI=1S/C23H36N6O2/c1-19(2)29(31-21-10-6-5-7-11-21)22(30)12-8-3-4-9-15-26-23(27-18-24)28-20-13-16-25-17-14-20/h13-14,16-17,19,21H,3-12,15H2,1-2H3,(H2,25,26,27,28). The zero-order valence-corrected chi connectivity index (χ0v) is 18.8. The molecule has 1 aliphatic carbocycles. The molecule has 0 unspecified atom stereocenters. The van der Waals surface area contributed by atoms with Crippen LogP contribution in [0.4, 0.5) is 5.69 Å². The molecule has 0 spiro atoms. The van der Waals surface area contributed by atoms with Crippen LogP contribution in [0.15, 0.2) is 29.5 Å². The monoisotopic (exact) mass is 428 g/mol. The van der Waals surface area contributed by atoms with E-state index in [1.807, 2.05) is 32.2 Å². The van der Waals surface area contributed by atoms with Gasteiger partial charge in [0.05, 0.1) is 12.1 Å². The van der Waals surface area contributed by atoms with E-state index in [-0.39, 0.29) is 18.1 Å². The molecule has 0 aromatic carbocycles. The van der Waals surface area contributed by atoms with Crippen molar-refractivity contribution in [2.24, 2.45) is 4.99 Å². The number of rotatable bonds is 11. The highest BCUT2D eigenvalue weighted by atomic mass is 16.7. The fourth-order valence-electron chi connectivity index (χ4n) is 3.58. The maximum absolute atomic E-state index is 12.6. The van der Waals surface area contributed by atoms with Crippen molar-refractivity contribution in [2.75, 3.05) is 11.9 Å². The van der Waals surface area contributed by atoms with Crippen LogP contribution in [0.25, 0.3) is 0 Å². The van der Waals surface area contributed by atoms with Gasteiger partial charge in [0.2, 0.25) is 11.9 Å². The Bertz CT molecular complexity index is 711. The van der Waals surface area contributed by atoms with E-state index < -0.39 is 0 Å². The molecule has 1 amide bonds. The van der Waals surface area contributed by atoms with Crippen molar-refractivity contribution in [3.05, 3.63) is 24.5 Å². The van der Waals surface area contributed by atoms with E-state index >= 15 is 0 Å². The molecule has 1 aromatic rings. The number of unbranched alkanes of at least 4 members (excludes halogenated alkanes) is 3. The van der Waals surface area contributed by atoms with Crippen molar-refractivity contribution in [2.45, 2.75) is 90.2 Å². The van der Waals surface area contributed by atoms with Gasteiger partial charge in [0.25, 0.3) is 0 Å². The second kappa shape index (κ2) is 14.4. The van der Waals surface area contributed by atoms with Gasteiger partial charge in [0.15, 0.2) is 6.19 Å². The molecule has 0 radical (unpaired) electrons. The molecule has 0 bridgehead atoms. The molecule has 0 atom stereocenters. The molecule has 2 N–H and O–H groups in total. The van der Waals surface area contributed by atoms with Crippen LogP contribution in [0.3, 0.4) is 0 Å². The first-order chi connectivity index (χ1) is 15.1. The van der Waals surface area contributed by atoms with Crippen molar-refractivity contribution in [1.82, 2.24) is 15.4 Å². The lowest BCUT2D eigenvalue weighted by atomic mass is 9.98. The van der Waals surface area contributed by atoms with Crippen LogP contribution in [0.5, 0.6) is 0 Å². The van der Waals surface area contributed by atoms with E-state index in [4.69, 9.17) is 10.1 Å². The van der Waals surface area contributed by atoms with Crippen molar-refractivity contribution in [1.29, 1.82) is 5.26 Å². The number of nitrogens with zero attached hydrogens (tertiary/aromatic N) is 4. The zero-order valence-electron chi connectivity index (χ0n) is 18.8. The Morgan fingerprint density at radius 2 is 1.94 bits per heavy atom. The lowest BCUT2D eigenvalue weighted by molar-refractivity contribution is -0.222. The average Bonchev–Trinajstić information content (AvgIpc) is 2.78. The fraction of sp³-hybridized carbons (Fsp3) is 0.652. The summed E-state index contributed by atoms with van der Waals surface area (Å²) in [5, 5.41) is 16.1. The summed E-state index contributed by atoms with van der Waals surface area (Å²) >= 11 is 0. The van der Waals surface area contributed by atoms with E-state index in [9.17, 15) is 4.79 Å². The summed E-state index contributed by atoms with van der Waals surface area (Å²) < 4.78 is 0. The van der Waals surface area contributed by atoms with E-state index in [2.05, 4.69) is 20.6 Å². The van der Waals surface area contributed by atoms with Gasteiger partial charge in [-0.05, 0) is 51.7 Å². The summed E-state index contributed by atoms with van der Waals surface area (Å²) in [4.78, 5) is 27.0. The van der Waals surface area contributed by atoms with Crippen LogP contribution in [0, 0.1) is 11.5 Å². The Labute approximate surface area is 186 Å². The van der Waals surface area contributed by atoms with E-state index in [1.54, 1.807) is 17.5 Å². The van der Waals surface area contributed by atoms with Gasteiger partial charge >= 0.3 is 0 Å². The van der Waals surface area contributed by atoms with Crippen LogP contribution in [0.2, 0.25) is 0 Å². The predicted molar refractivity (Wildman–Crippen MR) is 122 cm³/mol. The minimum atomic E-state index is 0.0581. The summed E-state index contributed by atoms with van der Waals surface area (Å²) in [6, 6.07) is 3.68. The number of aliphatic imine (C=N–C) groups is 1. The molecule has 31 heavy (non-hydrogen) atoms. The quantitative estimate of drug-likeness (QED) is 0.135. The highest BCUT2D eigenvalue weighted by molar-refractivity contribution is 5.94. The molecule has 0 aliphatic heterocycles. The van der Waals surface area contributed by atoms with Gasteiger partial charge in [-0.15, -0.1) is 0 Å². The number of carbonyl (C=O) groups excluding carboxylic acids is 1. The number of nitrogens with one attached hydrogen (secondary N) is 2. The molecule has 1 aromatic heterocycles. The maximum atomic E-state index is 12.6. The molecular weight excluding hydrogens is 392 g/mol. The minimum Gasteiger partial charge on any atom is -0.325 e. The first kappa shape index (κ1) is 24.6. The molecule has 2 rings (SSSR count). The van der Waals surface area contributed by atoms with E-state index in [1.165, 1.54) is 19.3 Å². The van der Waals surface area contributed by atoms with Crippen LogP contribution in [-0.2, 0) is 9.63 Å². The Balaban J connectivity index is 1.64. The number of hydrogen-bond acceptors (Lipinski definition) is 5. The molecular formula is C23H36N6O2. The molecule has 8 nitrogen and oxygen atoms in total. The van der Waals surface area contributed by atoms with Crippen LogP contribution in [-0.4, -0.2) is 40.6 Å². The van der Waals surface area contributed by atoms with Crippen LogP contribution >= 0.6 is 0 Å². The zero-order chi connectivity index (χ0) is 22.3. The highest BCUT2D eigenvalue weighted by Crippen LogP contribution is 2.22. The SMILES string of the molecule is CC(C)N(OC1CCCCC1)C(=O)CCCCCCN=C(NC#N)Nc1ccncc1. The Morgan fingerprint density at radius 3 is 2.61 bits per heavy atom. The average molecular weight is 429 g/mol. The third-order valence-corrected chi connectivity index (χ3v) is 5.22. The molecule has 1 fully saturated rings. The lowest BCUT2D eigenvalue weighted by Crippen LogP contribution is -2.40. The van der Waals surface area contributed by atoms with Crippen molar-refractivity contribution in [3.63, 3.8) is 0 Å². The normalized spacial score (nSPS) is 14.8. The van der Waals surface area contributed by atoms with Crippen LogP contribution in [0.1, 0.15) is 78.1 Å². The number of anilines is 1. The number of nitriles is 1. The molecule has 1 saturated carbocycles. The van der Waals surface area contributed by atoms with Gasteiger partial charge in [0.1, 0.15) is 0 Å². The number of guanidine groups is 1. The van der Waals surface area contributed by atoms with Gasteiger partial charge in [-0.1, -0.05) is 32.1 Å². The summed E-state index contributed by atoms with van der Waals surface area (Å²) in [7, 11) is 0. The maximum Gasteiger partial charge on any atom is 0.246 e. The van der Waals surface area contributed by atoms with Crippen LogP contribution < -0.4 is 10.6 Å². The number of carbonyl (C=O) groups is 1. The van der Waals surface area contributed by atoms with Gasteiger partial charge in [-0.25, -0.2) is 5.06 Å². The molecule has 1 aliphatic rings. The van der Waals surface area contributed by atoms with Gasteiger partial charge < -0.3 is 5.32 Å². The van der Waals surface area contributed by atoms with Crippen molar-refractivity contribution >= 4 is 17.6 Å². The predicted octanol–water partition coefficient (Wildman–Crippen LogP) is 4.37. The number of hydroxylamine groups is 2. The number of pyridine rings is 1. The molecule has 8 heteroatoms. The van der Waals surface area contributed by atoms with Gasteiger partial charge in [-0.2, -0.15) is 5.26 Å². The number of aromatic nitrogens is 1. The fourth-order valence-corrected chi connectivity index (χ4v) is 3.58. The Kier molecular flexibility index (Phi) is 11.4. The van der Waals surface area contributed by atoms with Gasteiger partial charge in [0, 0.05) is 31.0 Å². The summed E-state index contributed by atoms with van der Waals surface area (Å²) in [5.74, 6) is 0.511. The topological polar surface area (TPSA) is 103 Å². The van der Waals surface area contributed by atoms with Gasteiger partial charge in [-0.3, -0.25) is 24.9 Å². The Morgan fingerprint density at radius 1 is 1.23 bits per heavy atom. The largest absolute Gasteiger partial charge is 0.325 e. The van der Waals surface area contributed by atoms with Crippen molar-refractivity contribution < 1.29 is 9.63 Å². The van der Waals surface area contributed by atoms with E-state index in [0.717, 1.165) is 44.2 Å². The molecule has 0 saturated heterocycles. The lowest BCUT2D eigenvalue weighted by Gasteiger charge is -2.32. The molecule has 170 valence electrons. The summed E-state index contributed by atoms with van der Waals surface area (Å²) in [5.41, 5.74) is 0.820. The smallest absolute Gasteiger partial charge is 0.246 e. The first-order valence-electron chi connectivity index (χ1n) is 11.5. The summed E-state index contributed by atoms with van der Waals surface area (Å²) in [6.45, 7) is 4.62. The second-order valence-electron chi connectivity index (χ2n) is 8.17. The highest BCUT2D eigenvalue weighted by Gasteiger charge is 2.23. The van der Waals surface area contributed by atoms with Crippen molar-refractivity contribution in [3.8, 4) is 6.19 Å². The summed E-state index contributed by atoms with van der Waals surface area (Å²) in [6.07, 6.45) is 15.4. The first-order valence-corrected chi connectivity index (χ1v) is 11.5. The minimum absolute atomic E-state index is 0.0581. The number of amides is 1. The Hall–Kier alpha value is -2.66. The second-order valence-corrected chi connectivity index (χ2v) is 8.17. The number of hydrogen-bond donors (Lipinski definition) is 2. The molecule has 1 heterocycles. The van der Waals surface area contributed by atoms with E-state index in [0.29, 0.717) is 18.9 Å². The third kappa shape index (κ3) is 9.79. The third-order valence-electron chi connectivity index (χ3n) is 5.22.